The number of nitrogens with one attached hydrogen (secondary N) is 2. The molecule has 1 aliphatic heterocycles. The van der Waals surface area contributed by atoms with E-state index in [1.165, 1.54) is 12.1 Å². The van der Waals surface area contributed by atoms with Gasteiger partial charge in [0.15, 0.2) is 17.3 Å². The van der Waals surface area contributed by atoms with E-state index in [4.69, 9.17) is 0 Å². The Morgan fingerprint density at radius 3 is 2.69 bits per heavy atom. The molecule has 2 N–H and O–H groups in total. The zero-order chi connectivity index (χ0) is 29.5. The standard InChI is InChI=1S/C27H26F3N9O3/c28-27(29,30)42-21-8-3-5-18(13-21)14-25(40)33-23-9-10-24(36-35-23)38-12-4-7-20(16-38)39-17-22(34-37-39)26(41)32-15-19-6-1-2-11-31-19/h1-3,5-6,8-11,13,17,20H,4,7,12,14-16H2,(H,32,41)(H,33,35,40). The minimum absolute atomic E-state index is 0.0399. The van der Waals surface area contributed by atoms with E-state index < -0.39 is 18.0 Å². The van der Waals surface area contributed by atoms with Gasteiger partial charge in [-0.25, -0.2) is 4.68 Å². The van der Waals surface area contributed by atoms with E-state index in [0.717, 1.165) is 37.2 Å². The molecule has 1 saturated heterocycles. The smallest absolute Gasteiger partial charge is 0.406 e. The maximum atomic E-state index is 12.5. The van der Waals surface area contributed by atoms with Crippen molar-refractivity contribution >= 4 is 23.5 Å². The Morgan fingerprint density at radius 1 is 1.05 bits per heavy atom. The largest absolute Gasteiger partial charge is 0.573 e. The lowest BCUT2D eigenvalue weighted by molar-refractivity contribution is -0.274. The first kappa shape index (κ1) is 28.4. The van der Waals surface area contributed by atoms with Crippen LogP contribution in [-0.2, 0) is 17.8 Å². The Balaban J connectivity index is 1.14. The molecule has 0 radical (unpaired) electrons. The molecule has 1 aromatic carbocycles. The molecule has 42 heavy (non-hydrogen) atoms. The van der Waals surface area contributed by atoms with E-state index in [0.29, 0.717) is 17.9 Å². The third-order valence-electron chi connectivity index (χ3n) is 6.41. The molecule has 0 spiro atoms. The van der Waals surface area contributed by atoms with E-state index in [9.17, 15) is 22.8 Å². The molecule has 3 aromatic heterocycles. The van der Waals surface area contributed by atoms with Crippen LogP contribution < -0.4 is 20.3 Å². The van der Waals surface area contributed by atoms with Crippen LogP contribution >= 0.6 is 0 Å². The average molecular weight is 582 g/mol. The highest BCUT2D eigenvalue weighted by atomic mass is 19.4. The number of halogens is 3. The fraction of sp³-hybridized carbons (Fsp3) is 0.296. The minimum atomic E-state index is -4.82. The van der Waals surface area contributed by atoms with Gasteiger partial charge in [0, 0.05) is 19.3 Å². The first-order valence-electron chi connectivity index (χ1n) is 13.0. The number of rotatable bonds is 9. The monoisotopic (exact) mass is 581 g/mol. The number of aromatic nitrogens is 6. The van der Waals surface area contributed by atoms with Crippen molar-refractivity contribution in [2.45, 2.75) is 38.2 Å². The van der Waals surface area contributed by atoms with Crippen molar-refractivity contribution in [1.82, 2.24) is 35.5 Å². The van der Waals surface area contributed by atoms with Gasteiger partial charge in [0.05, 0.1) is 30.9 Å². The van der Waals surface area contributed by atoms with Gasteiger partial charge in [-0.05, 0) is 54.8 Å². The van der Waals surface area contributed by atoms with Crippen molar-refractivity contribution in [3.8, 4) is 5.75 Å². The molecule has 15 heteroatoms. The van der Waals surface area contributed by atoms with Gasteiger partial charge in [-0.15, -0.1) is 28.5 Å². The number of hydrogen-bond acceptors (Lipinski definition) is 9. The summed E-state index contributed by atoms with van der Waals surface area (Å²) in [7, 11) is 0. The number of nitrogens with zero attached hydrogens (tertiary/aromatic N) is 7. The summed E-state index contributed by atoms with van der Waals surface area (Å²) in [6.07, 6.45) is -0.0219. The Kier molecular flexibility index (Phi) is 8.55. The topological polar surface area (TPSA) is 140 Å². The second kappa shape index (κ2) is 12.6. The predicted octanol–water partition coefficient (Wildman–Crippen LogP) is 3.31. The maximum Gasteiger partial charge on any atom is 0.573 e. The molecule has 5 rings (SSSR count). The van der Waals surface area contributed by atoms with Crippen LogP contribution in [0.2, 0.25) is 0 Å². The van der Waals surface area contributed by atoms with Crippen molar-refractivity contribution in [2.75, 3.05) is 23.3 Å². The van der Waals surface area contributed by atoms with Crippen LogP contribution in [0.1, 0.15) is 40.6 Å². The van der Waals surface area contributed by atoms with Crippen molar-refractivity contribution in [2.24, 2.45) is 0 Å². The summed E-state index contributed by atoms with van der Waals surface area (Å²) in [4.78, 5) is 31.2. The summed E-state index contributed by atoms with van der Waals surface area (Å²) in [5.41, 5.74) is 1.29. The summed E-state index contributed by atoms with van der Waals surface area (Å²) < 4.78 is 43.0. The van der Waals surface area contributed by atoms with E-state index in [-0.39, 0.29) is 36.4 Å². The summed E-state index contributed by atoms with van der Waals surface area (Å²) in [6.45, 7) is 1.58. The highest BCUT2D eigenvalue weighted by molar-refractivity contribution is 5.92. The molecule has 218 valence electrons. The van der Waals surface area contributed by atoms with Crippen molar-refractivity contribution in [3.05, 3.63) is 83.9 Å². The molecule has 2 amide bonds. The summed E-state index contributed by atoms with van der Waals surface area (Å²) in [6, 6.07) is 14.0. The number of ether oxygens (including phenoxy) is 1. The number of amides is 2. The van der Waals surface area contributed by atoms with Crippen LogP contribution in [0, 0.1) is 0 Å². The average Bonchev–Trinajstić information content (AvgIpc) is 3.47. The number of carbonyl (C=O) groups is 2. The lowest BCUT2D eigenvalue weighted by atomic mass is 10.1. The third-order valence-corrected chi connectivity index (χ3v) is 6.41. The lowest BCUT2D eigenvalue weighted by Gasteiger charge is -2.33. The van der Waals surface area contributed by atoms with E-state index in [2.05, 4.69) is 40.9 Å². The van der Waals surface area contributed by atoms with Gasteiger partial charge in [0.25, 0.3) is 5.91 Å². The third kappa shape index (κ3) is 7.77. The molecule has 0 saturated carbocycles. The molecule has 4 aromatic rings. The number of benzene rings is 1. The van der Waals surface area contributed by atoms with Gasteiger partial charge in [-0.3, -0.25) is 14.6 Å². The van der Waals surface area contributed by atoms with Crippen LogP contribution in [0.25, 0.3) is 0 Å². The maximum absolute atomic E-state index is 12.5. The number of alkyl halides is 3. The Bertz CT molecular complexity index is 1510. The zero-order valence-electron chi connectivity index (χ0n) is 22.2. The van der Waals surface area contributed by atoms with Gasteiger partial charge in [-0.2, -0.15) is 0 Å². The Morgan fingerprint density at radius 2 is 1.93 bits per heavy atom. The molecule has 12 nitrogen and oxygen atoms in total. The molecular formula is C27H26F3N9O3. The van der Waals surface area contributed by atoms with Crippen molar-refractivity contribution < 1.29 is 27.5 Å². The highest BCUT2D eigenvalue weighted by Gasteiger charge is 2.31. The normalized spacial score (nSPS) is 15.2. The molecule has 1 fully saturated rings. The Hall–Kier alpha value is -5.08. The first-order chi connectivity index (χ1) is 20.2. The molecule has 4 heterocycles. The van der Waals surface area contributed by atoms with Gasteiger partial charge in [-0.1, -0.05) is 23.4 Å². The number of hydrogen-bond donors (Lipinski definition) is 2. The summed E-state index contributed by atoms with van der Waals surface area (Å²) in [5.74, 6) is -0.403. The van der Waals surface area contributed by atoms with Crippen molar-refractivity contribution in [3.63, 3.8) is 0 Å². The van der Waals surface area contributed by atoms with Gasteiger partial charge >= 0.3 is 6.36 Å². The number of anilines is 2. The van der Waals surface area contributed by atoms with Crippen molar-refractivity contribution in [1.29, 1.82) is 0 Å². The number of pyridine rings is 1. The van der Waals surface area contributed by atoms with Crippen LogP contribution in [0.5, 0.6) is 5.75 Å². The second-order valence-electron chi connectivity index (χ2n) is 9.53. The van der Waals surface area contributed by atoms with E-state index in [1.807, 2.05) is 17.0 Å². The summed E-state index contributed by atoms with van der Waals surface area (Å²) >= 11 is 0. The van der Waals surface area contributed by atoms with E-state index >= 15 is 0 Å². The van der Waals surface area contributed by atoms with Crippen LogP contribution in [0.15, 0.2) is 67.0 Å². The number of piperidine rings is 1. The molecule has 0 aliphatic carbocycles. The molecule has 1 aliphatic rings. The van der Waals surface area contributed by atoms with Crippen LogP contribution in [0.3, 0.4) is 0 Å². The fourth-order valence-electron chi connectivity index (χ4n) is 4.49. The minimum Gasteiger partial charge on any atom is -0.406 e. The molecule has 0 bridgehead atoms. The molecule has 1 atom stereocenters. The zero-order valence-corrected chi connectivity index (χ0v) is 22.2. The second-order valence-corrected chi connectivity index (χ2v) is 9.53. The summed E-state index contributed by atoms with van der Waals surface area (Å²) in [5, 5.41) is 21.9. The lowest BCUT2D eigenvalue weighted by Crippen LogP contribution is -2.37. The van der Waals surface area contributed by atoms with Gasteiger partial charge < -0.3 is 20.3 Å². The van der Waals surface area contributed by atoms with Gasteiger partial charge in [0.1, 0.15) is 5.75 Å². The fourth-order valence-corrected chi connectivity index (χ4v) is 4.49. The molecule has 1 unspecified atom stereocenters. The van der Waals surface area contributed by atoms with Gasteiger partial charge in [0.2, 0.25) is 5.91 Å². The van der Waals surface area contributed by atoms with Crippen LogP contribution in [0.4, 0.5) is 24.8 Å². The van der Waals surface area contributed by atoms with Crippen LogP contribution in [-0.4, -0.2) is 61.4 Å². The Labute approximate surface area is 237 Å². The molecular weight excluding hydrogens is 555 g/mol. The first-order valence-corrected chi connectivity index (χ1v) is 13.0. The van der Waals surface area contributed by atoms with E-state index in [1.54, 1.807) is 35.3 Å². The highest BCUT2D eigenvalue weighted by Crippen LogP contribution is 2.25. The number of carbonyl (C=O) groups excluding carboxylic acids is 2. The predicted molar refractivity (Wildman–Crippen MR) is 143 cm³/mol. The SMILES string of the molecule is O=C(Cc1cccc(OC(F)(F)F)c1)Nc1ccc(N2CCCC(n3cc(C(=O)NCc4ccccn4)nn3)C2)nn1. The quantitative estimate of drug-likeness (QED) is 0.305.